The molecule has 4 nitrogen and oxygen atoms in total. The molecule has 1 atom stereocenters. The zero-order valence-corrected chi connectivity index (χ0v) is 13.9. The molecule has 3 rings (SSSR count). The first-order valence-corrected chi connectivity index (χ1v) is 8.71. The highest BCUT2D eigenvalue weighted by Gasteiger charge is 2.30. The van der Waals surface area contributed by atoms with Crippen molar-refractivity contribution in [2.75, 3.05) is 13.1 Å². The predicted octanol–water partition coefficient (Wildman–Crippen LogP) is 3.15. The van der Waals surface area contributed by atoms with E-state index in [9.17, 15) is 9.59 Å². The lowest BCUT2D eigenvalue weighted by atomic mass is 10.1. The minimum absolute atomic E-state index is 0.0113. The van der Waals surface area contributed by atoms with Gasteiger partial charge in [-0.3, -0.25) is 9.59 Å². The first-order valence-electron chi connectivity index (χ1n) is 7.83. The lowest BCUT2D eigenvalue weighted by Gasteiger charge is -2.24. The number of rotatable bonds is 4. The van der Waals surface area contributed by atoms with E-state index in [2.05, 4.69) is 11.4 Å². The fourth-order valence-corrected chi connectivity index (χ4v) is 3.90. The molecule has 1 saturated heterocycles. The number of thiophene rings is 1. The highest BCUT2D eigenvalue weighted by atomic mass is 32.1. The van der Waals surface area contributed by atoms with Gasteiger partial charge in [0.05, 0.1) is 12.6 Å². The molecule has 0 bridgehead atoms. The van der Waals surface area contributed by atoms with Crippen LogP contribution in [0.3, 0.4) is 0 Å². The number of likely N-dealkylation sites (tertiary alicyclic amines) is 1. The molecule has 1 aliphatic heterocycles. The summed E-state index contributed by atoms with van der Waals surface area (Å²) in [4.78, 5) is 27.8. The average molecular weight is 328 g/mol. The van der Waals surface area contributed by atoms with Crippen LogP contribution in [0.25, 0.3) is 0 Å². The summed E-state index contributed by atoms with van der Waals surface area (Å²) in [6.07, 6.45) is 2.01. The van der Waals surface area contributed by atoms with Crippen molar-refractivity contribution in [3.05, 3.63) is 57.8 Å². The van der Waals surface area contributed by atoms with Crippen LogP contribution >= 0.6 is 11.3 Å². The Hall–Kier alpha value is -2.14. The van der Waals surface area contributed by atoms with Gasteiger partial charge in [-0.15, -0.1) is 11.3 Å². The number of nitrogens with zero attached hydrogens (tertiary/aromatic N) is 1. The summed E-state index contributed by atoms with van der Waals surface area (Å²) in [5.74, 6) is -0.203. The van der Waals surface area contributed by atoms with Crippen LogP contribution in [0.4, 0.5) is 0 Å². The van der Waals surface area contributed by atoms with Gasteiger partial charge in [-0.25, -0.2) is 0 Å². The molecule has 23 heavy (non-hydrogen) atoms. The number of hydrogen-bond acceptors (Lipinski definition) is 3. The number of benzene rings is 1. The van der Waals surface area contributed by atoms with Gasteiger partial charge < -0.3 is 10.2 Å². The SMILES string of the molecule is Cc1ccccc1C(=O)NCC(=O)N1CCCC1c1cccs1. The van der Waals surface area contributed by atoms with Crippen LogP contribution in [0.1, 0.15) is 39.7 Å². The molecule has 1 aromatic carbocycles. The molecule has 2 amide bonds. The van der Waals surface area contributed by atoms with E-state index in [4.69, 9.17) is 0 Å². The molecule has 0 radical (unpaired) electrons. The predicted molar refractivity (Wildman–Crippen MR) is 91.5 cm³/mol. The highest BCUT2D eigenvalue weighted by molar-refractivity contribution is 7.10. The van der Waals surface area contributed by atoms with Gasteiger partial charge in [0.25, 0.3) is 5.91 Å². The van der Waals surface area contributed by atoms with Crippen molar-refractivity contribution in [2.24, 2.45) is 0 Å². The highest BCUT2D eigenvalue weighted by Crippen LogP contribution is 2.34. The fraction of sp³-hybridized carbons (Fsp3) is 0.333. The van der Waals surface area contributed by atoms with Crippen LogP contribution in [-0.4, -0.2) is 29.8 Å². The van der Waals surface area contributed by atoms with Gasteiger partial charge in [-0.05, 0) is 42.8 Å². The van der Waals surface area contributed by atoms with Crippen LogP contribution in [0.15, 0.2) is 41.8 Å². The summed E-state index contributed by atoms with van der Waals surface area (Å²) in [6.45, 7) is 2.71. The van der Waals surface area contributed by atoms with Gasteiger partial charge in [0.15, 0.2) is 0 Å². The van der Waals surface area contributed by atoms with Crippen molar-refractivity contribution >= 4 is 23.2 Å². The molecule has 2 heterocycles. The number of hydrogen-bond donors (Lipinski definition) is 1. The smallest absolute Gasteiger partial charge is 0.251 e. The monoisotopic (exact) mass is 328 g/mol. The molecule has 0 spiro atoms. The molecule has 1 aromatic heterocycles. The maximum Gasteiger partial charge on any atom is 0.251 e. The van der Waals surface area contributed by atoms with Gasteiger partial charge in [0.2, 0.25) is 5.91 Å². The Labute approximate surface area is 140 Å². The molecule has 0 aliphatic carbocycles. The second kappa shape index (κ2) is 6.96. The summed E-state index contributed by atoms with van der Waals surface area (Å²) >= 11 is 1.68. The van der Waals surface area contributed by atoms with Gasteiger partial charge in [-0.2, -0.15) is 0 Å². The first-order chi connectivity index (χ1) is 11.2. The van der Waals surface area contributed by atoms with Crippen LogP contribution in [-0.2, 0) is 4.79 Å². The van der Waals surface area contributed by atoms with E-state index in [0.717, 1.165) is 24.9 Å². The van der Waals surface area contributed by atoms with E-state index < -0.39 is 0 Å². The quantitative estimate of drug-likeness (QED) is 0.937. The first kappa shape index (κ1) is 15.7. The molecule has 1 N–H and O–H groups in total. The second-order valence-corrected chi connectivity index (χ2v) is 6.74. The molecule has 2 aromatic rings. The van der Waals surface area contributed by atoms with E-state index in [1.807, 2.05) is 41.5 Å². The van der Waals surface area contributed by atoms with E-state index >= 15 is 0 Å². The topological polar surface area (TPSA) is 49.4 Å². The van der Waals surface area contributed by atoms with Gasteiger partial charge in [0, 0.05) is 17.0 Å². The van der Waals surface area contributed by atoms with E-state index in [1.54, 1.807) is 17.4 Å². The van der Waals surface area contributed by atoms with Crippen LogP contribution in [0.2, 0.25) is 0 Å². The third kappa shape index (κ3) is 3.45. The molecule has 1 fully saturated rings. The Morgan fingerprint density at radius 3 is 2.83 bits per heavy atom. The lowest BCUT2D eigenvalue weighted by Crippen LogP contribution is -2.39. The summed E-state index contributed by atoms with van der Waals surface area (Å²) in [6, 6.07) is 11.7. The van der Waals surface area contributed by atoms with Crippen LogP contribution in [0.5, 0.6) is 0 Å². The Kier molecular flexibility index (Phi) is 4.76. The van der Waals surface area contributed by atoms with Gasteiger partial charge >= 0.3 is 0 Å². The zero-order chi connectivity index (χ0) is 16.2. The molecular weight excluding hydrogens is 308 g/mol. The van der Waals surface area contributed by atoms with Crippen molar-refractivity contribution in [2.45, 2.75) is 25.8 Å². The van der Waals surface area contributed by atoms with E-state index in [-0.39, 0.29) is 24.4 Å². The Balaban J connectivity index is 1.61. The maximum atomic E-state index is 12.5. The standard InChI is InChI=1S/C18H20N2O2S/c1-13-6-2-3-7-14(13)18(22)19-12-17(21)20-10-4-8-15(20)16-9-5-11-23-16/h2-3,5-7,9,11,15H,4,8,10,12H2,1H3,(H,19,22). The van der Waals surface area contributed by atoms with Gasteiger partial charge in [0.1, 0.15) is 0 Å². The second-order valence-electron chi connectivity index (χ2n) is 5.76. The molecular formula is C18H20N2O2S. The van der Waals surface area contributed by atoms with Gasteiger partial charge in [-0.1, -0.05) is 24.3 Å². The Morgan fingerprint density at radius 2 is 2.09 bits per heavy atom. The number of carbonyl (C=O) groups excluding carboxylic acids is 2. The number of nitrogens with one attached hydrogen (secondary N) is 1. The maximum absolute atomic E-state index is 12.5. The largest absolute Gasteiger partial charge is 0.343 e. The van der Waals surface area contributed by atoms with E-state index in [1.165, 1.54) is 4.88 Å². The van der Waals surface area contributed by atoms with Crippen LogP contribution in [0, 0.1) is 6.92 Å². The average Bonchev–Trinajstić information content (AvgIpc) is 3.23. The summed E-state index contributed by atoms with van der Waals surface area (Å²) in [5.41, 5.74) is 1.53. The zero-order valence-electron chi connectivity index (χ0n) is 13.1. The summed E-state index contributed by atoms with van der Waals surface area (Å²) < 4.78 is 0. The molecule has 0 saturated carbocycles. The normalized spacial score (nSPS) is 17.3. The lowest BCUT2D eigenvalue weighted by molar-refractivity contribution is -0.131. The van der Waals surface area contributed by atoms with Crippen molar-refractivity contribution in [3.8, 4) is 0 Å². The molecule has 120 valence electrons. The Bertz CT molecular complexity index is 697. The number of amides is 2. The third-order valence-corrected chi connectivity index (χ3v) is 5.21. The number of aryl methyl sites for hydroxylation is 1. The molecule has 5 heteroatoms. The minimum atomic E-state index is -0.191. The van der Waals surface area contributed by atoms with Crippen molar-refractivity contribution < 1.29 is 9.59 Å². The third-order valence-electron chi connectivity index (χ3n) is 4.23. The van der Waals surface area contributed by atoms with Crippen molar-refractivity contribution in [3.63, 3.8) is 0 Å². The van der Waals surface area contributed by atoms with Crippen molar-refractivity contribution in [1.29, 1.82) is 0 Å². The fourth-order valence-electron chi connectivity index (χ4n) is 3.02. The van der Waals surface area contributed by atoms with Crippen molar-refractivity contribution in [1.82, 2.24) is 10.2 Å². The summed E-state index contributed by atoms with van der Waals surface area (Å²) in [5, 5.41) is 4.79. The Morgan fingerprint density at radius 1 is 1.26 bits per heavy atom. The molecule has 1 aliphatic rings. The minimum Gasteiger partial charge on any atom is -0.343 e. The molecule has 1 unspecified atom stereocenters. The van der Waals surface area contributed by atoms with E-state index in [0.29, 0.717) is 5.56 Å². The summed E-state index contributed by atoms with van der Waals surface area (Å²) in [7, 11) is 0. The number of carbonyl (C=O) groups is 2. The van der Waals surface area contributed by atoms with Crippen LogP contribution < -0.4 is 5.32 Å².